The molecule has 2 N–H and O–H groups in total. The highest BCUT2D eigenvalue weighted by atomic mass is 16.5. The lowest BCUT2D eigenvalue weighted by Crippen LogP contribution is -2.53. The van der Waals surface area contributed by atoms with E-state index in [1.165, 1.54) is 38.5 Å². The quantitative estimate of drug-likeness (QED) is 0.814. The molecule has 4 aliphatic carbocycles. The van der Waals surface area contributed by atoms with Crippen molar-refractivity contribution in [2.75, 3.05) is 13.2 Å². The molecule has 116 valence electrons. The van der Waals surface area contributed by atoms with Gasteiger partial charge in [0.15, 0.2) is 0 Å². The average molecular weight is 281 g/mol. The molecule has 0 saturated heterocycles. The van der Waals surface area contributed by atoms with Crippen LogP contribution in [-0.2, 0) is 4.74 Å². The molecular formula is C17H31NO2. The van der Waals surface area contributed by atoms with Crippen molar-refractivity contribution in [2.24, 2.45) is 17.8 Å². The Kier molecular flexibility index (Phi) is 3.89. The SMILES string of the molecule is CC(C)(C)NC[C@H](O)COC12CC3CC(CC(C3)C1)C2. The summed E-state index contributed by atoms with van der Waals surface area (Å²) in [5, 5.41) is 13.5. The second-order valence-corrected chi connectivity index (χ2v) is 8.70. The number of aliphatic hydroxyl groups excluding tert-OH is 1. The van der Waals surface area contributed by atoms with Crippen molar-refractivity contribution in [3.63, 3.8) is 0 Å². The highest BCUT2D eigenvalue weighted by Gasteiger charge is 2.51. The molecule has 4 aliphatic rings. The first-order valence-corrected chi connectivity index (χ1v) is 8.41. The molecule has 0 radical (unpaired) electrons. The topological polar surface area (TPSA) is 41.5 Å². The smallest absolute Gasteiger partial charge is 0.0898 e. The molecule has 3 nitrogen and oxygen atoms in total. The van der Waals surface area contributed by atoms with Gasteiger partial charge >= 0.3 is 0 Å². The zero-order valence-electron chi connectivity index (χ0n) is 13.3. The van der Waals surface area contributed by atoms with Crippen molar-refractivity contribution in [3.8, 4) is 0 Å². The second kappa shape index (κ2) is 5.26. The fourth-order valence-corrected chi connectivity index (χ4v) is 4.96. The summed E-state index contributed by atoms with van der Waals surface area (Å²) in [5.41, 5.74) is 0.180. The Morgan fingerprint density at radius 1 is 1.10 bits per heavy atom. The average Bonchev–Trinajstić information content (AvgIpc) is 2.31. The highest BCUT2D eigenvalue weighted by molar-refractivity contribution is 5.03. The van der Waals surface area contributed by atoms with Crippen LogP contribution in [0, 0.1) is 17.8 Å². The third-order valence-electron chi connectivity index (χ3n) is 5.43. The van der Waals surface area contributed by atoms with Crippen LogP contribution in [0.5, 0.6) is 0 Å². The molecule has 0 heterocycles. The lowest BCUT2D eigenvalue weighted by molar-refractivity contribution is -0.174. The van der Waals surface area contributed by atoms with Crippen LogP contribution in [0.3, 0.4) is 0 Å². The van der Waals surface area contributed by atoms with Gasteiger partial charge < -0.3 is 15.2 Å². The second-order valence-electron chi connectivity index (χ2n) is 8.70. The summed E-state index contributed by atoms with van der Waals surface area (Å²) in [6.45, 7) is 7.49. The maximum Gasteiger partial charge on any atom is 0.0898 e. The van der Waals surface area contributed by atoms with Gasteiger partial charge in [0.05, 0.1) is 18.3 Å². The number of hydrogen-bond acceptors (Lipinski definition) is 3. The number of rotatable bonds is 5. The molecule has 0 aliphatic heterocycles. The standard InChI is InChI=1S/C17H31NO2/c1-16(2,3)18-10-15(19)11-20-17-7-12-4-13(8-17)6-14(5-12)9-17/h12-15,18-19H,4-11H2,1-3H3/t12?,13?,14?,15-,17?/m0/s1. The fraction of sp³-hybridized carbons (Fsp3) is 1.00. The van der Waals surface area contributed by atoms with Crippen LogP contribution >= 0.6 is 0 Å². The summed E-state index contributed by atoms with van der Waals surface area (Å²) in [7, 11) is 0. The third kappa shape index (κ3) is 3.37. The van der Waals surface area contributed by atoms with E-state index in [9.17, 15) is 5.11 Å². The van der Waals surface area contributed by atoms with Crippen molar-refractivity contribution in [3.05, 3.63) is 0 Å². The summed E-state index contributed by atoms with van der Waals surface area (Å²) in [6, 6.07) is 0. The first-order chi connectivity index (χ1) is 9.34. The minimum Gasteiger partial charge on any atom is -0.389 e. The van der Waals surface area contributed by atoms with Gasteiger partial charge in [0.2, 0.25) is 0 Å². The Morgan fingerprint density at radius 2 is 1.60 bits per heavy atom. The van der Waals surface area contributed by atoms with E-state index in [2.05, 4.69) is 26.1 Å². The van der Waals surface area contributed by atoms with Gasteiger partial charge in [0.1, 0.15) is 0 Å². The molecule has 0 aromatic carbocycles. The van der Waals surface area contributed by atoms with Crippen LogP contribution in [0.15, 0.2) is 0 Å². The van der Waals surface area contributed by atoms with E-state index in [1.54, 1.807) is 0 Å². The monoisotopic (exact) mass is 281 g/mol. The Morgan fingerprint density at radius 3 is 2.05 bits per heavy atom. The molecular weight excluding hydrogens is 250 g/mol. The molecule has 0 aromatic rings. The minimum absolute atomic E-state index is 0.0572. The van der Waals surface area contributed by atoms with Crippen molar-refractivity contribution >= 4 is 0 Å². The van der Waals surface area contributed by atoms with Crippen molar-refractivity contribution < 1.29 is 9.84 Å². The van der Waals surface area contributed by atoms with Crippen LogP contribution in [0.1, 0.15) is 59.3 Å². The maximum absolute atomic E-state index is 10.1. The highest BCUT2D eigenvalue weighted by Crippen LogP contribution is 2.57. The minimum atomic E-state index is -0.387. The van der Waals surface area contributed by atoms with Gasteiger partial charge in [-0.25, -0.2) is 0 Å². The molecule has 4 rings (SSSR count). The molecule has 0 unspecified atom stereocenters. The molecule has 0 spiro atoms. The molecule has 0 amide bonds. The van der Waals surface area contributed by atoms with Crippen LogP contribution < -0.4 is 5.32 Å². The largest absolute Gasteiger partial charge is 0.389 e. The van der Waals surface area contributed by atoms with Crippen LogP contribution in [-0.4, -0.2) is 35.5 Å². The molecule has 4 bridgehead atoms. The molecule has 20 heavy (non-hydrogen) atoms. The van der Waals surface area contributed by atoms with Gasteiger partial charge in [-0.15, -0.1) is 0 Å². The normalized spacial score (nSPS) is 41.1. The lowest BCUT2D eigenvalue weighted by Gasteiger charge is -2.56. The van der Waals surface area contributed by atoms with E-state index in [1.807, 2.05) is 0 Å². The number of nitrogens with one attached hydrogen (secondary N) is 1. The fourth-order valence-electron chi connectivity index (χ4n) is 4.96. The Bertz CT molecular complexity index is 312. The van der Waals surface area contributed by atoms with Crippen molar-refractivity contribution in [1.82, 2.24) is 5.32 Å². The van der Waals surface area contributed by atoms with Gasteiger partial charge in [0, 0.05) is 12.1 Å². The van der Waals surface area contributed by atoms with Gasteiger partial charge in [-0.2, -0.15) is 0 Å². The number of aliphatic hydroxyl groups is 1. The molecule has 3 heteroatoms. The van der Waals surface area contributed by atoms with Gasteiger partial charge in [-0.3, -0.25) is 0 Å². The van der Waals surface area contributed by atoms with Crippen molar-refractivity contribution in [1.29, 1.82) is 0 Å². The lowest BCUT2D eigenvalue weighted by atomic mass is 9.54. The number of β-amino-alcohol motifs (C(OH)–C–C–N with tert-alkyl or cyclic N) is 1. The predicted octanol–water partition coefficient (Wildman–Crippen LogP) is 2.72. The molecule has 4 fully saturated rings. The first kappa shape index (κ1) is 14.8. The predicted molar refractivity (Wildman–Crippen MR) is 80.6 cm³/mol. The van der Waals surface area contributed by atoms with E-state index >= 15 is 0 Å². The van der Waals surface area contributed by atoms with E-state index < -0.39 is 0 Å². The summed E-state index contributed by atoms with van der Waals surface area (Å²) in [4.78, 5) is 0. The Labute approximate surface area is 123 Å². The summed E-state index contributed by atoms with van der Waals surface area (Å²) in [5.74, 6) is 2.73. The van der Waals surface area contributed by atoms with Gasteiger partial charge in [-0.1, -0.05) is 0 Å². The molecule has 1 atom stereocenters. The molecule has 0 aromatic heterocycles. The summed E-state index contributed by atoms with van der Waals surface area (Å²) < 4.78 is 6.28. The van der Waals surface area contributed by atoms with Gasteiger partial charge in [-0.05, 0) is 77.0 Å². The zero-order chi connectivity index (χ0) is 14.4. The van der Waals surface area contributed by atoms with Crippen LogP contribution in [0.4, 0.5) is 0 Å². The van der Waals surface area contributed by atoms with E-state index in [0.717, 1.165) is 17.8 Å². The summed E-state index contributed by atoms with van der Waals surface area (Å²) >= 11 is 0. The van der Waals surface area contributed by atoms with Gasteiger partial charge in [0.25, 0.3) is 0 Å². The van der Waals surface area contributed by atoms with Crippen LogP contribution in [0.2, 0.25) is 0 Å². The van der Waals surface area contributed by atoms with E-state index in [4.69, 9.17) is 4.74 Å². The zero-order valence-corrected chi connectivity index (χ0v) is 13.3. The Hall–Kier alpha value is -0.120. The number of hydrogen-bond donors (Lipinski definition) is 2. The van der Waals surface area contributed by atoms with Crippen LogP contribution in [0.25, 0.3) is 0 Å². The molecule has 4 saturated carbocycles. The summed E-state index contributed by atoms with van der Waals surface area (Å²) in [6.07, 6.45) is 7.68. The van der Waals surface area contributed by atoms with E-state index in [-0.39, 0.29) is 17.2 Å². The first-order valence-electron chi connectivity index (χ1n) is 8.41. The van der Waals surface area contributed by atoms with Crippen molar-refractivity contribution in [2.45, 2.75) is 76.5 Å². The maximum atomic E-state index is 10.1. The third-order valence-corrected chi connectivity index (χ3v) is 5.43. The van der Waals surface area contributed by atoms with E-state index in [0.29, 0.717) is 13.2 Å². The Balaban J connectivity index is 1.48. The number of ether oxygens (including phenoxy) is 1.